The second kappa shape index (κ2) is 7.53. The Morgan fingerprint density at radius 2 is 1.95 bits per heavy atom. The molecule has 0 saturated heterocycles. The molecule has 1 N–H and O–H groups in total. The van der Waals surface area contributed by atoms with E-state index in [0.717, 1.165) is 5.56 Å². The van der Waals surface area contributed by atoms with Crippen molar-refractivity contribution in [3.63, 3.8) is 0 Å². The minimum absolute atomic E-state index is 0.0963. The Morgan fingerprint density at radius 3 is 2.47 bits per heavy atom. The van der Waals surface area contributed by atoms with Crippen molar-refractivity contribution in [3.05, 3.63) is 35.9 Å². The van der Waals surface area contributed by atoms with Gasteiger partial charge in [0.1, 0.15) is 12.6 Å². The maximum atomic E-state index is 12.0. The number of rotatable bonds is 7. The zero-order valence-corrected chi connectivity index (χ0v) is 11.2. The number of ether oxygens (including phenoxy) is 1. The second-order valence-electron chi connectivity index (χ2n) is 4.16. The van der Waals surface area contributed by atoms with Gasteiger partial charge in [0.05, 0.1) is 0 Å². The van der Waals surface area contributed by atoms with Crippen LogP contribution in [-0.4, -0.2) is 41.1 Å². The summed E-state index contributed by atoms with van der Waals surface area (Å²) in [6.07, 6.45) is 0. The molecule has 1 unspecified atom stereocenters. The molecule has 0 aromatic heterocycles. The second-order valence-corrected chi connectivity index (χ2v) is 4.16. The molecule has 104 valence electrons. The van der Waals surface area contributed by atoms with Crippen LogP contribution in [0.25, 0.3) is 0 Å². The van der Waals surface area contributed by atoms with Gasteiger partial charge >= 0.3 is 5.97 Å². The molecule has 1 atom stereocenters. The summed E-state index contributed by atoms with van der Waals surface area (Å²) >= 11 is 0. The van der Waals surface area contributed by atoms with Crippen molar-refractivity contribution < 1.29 is 19.4 Å². The Morgan fingerprint density at radius 1 is 1.32 bits per heavy atom. The molecule has 1 amide bonds. The molecule has 0 bridgehead atoms. The molecule has 0 aliphatic carbocycles. The first-order valence-electron chi connectivity index (χ1n) is 6.20. The highest BCUT2D eigenvalue weighted by atomic mass is 16.5. The normalized spacial score (nSPS) is 11.9. The Kier molecular flexibility index (Phi) is 6.02. The van der Waals surface area contributed by atoms with Gasteiger partial charge in [-0.3, -0.25) is 4.79 Å². The van der Waals surface area contributed by atoms with E-state index in [2.05, 4.69) is 0 Å². The summed E-state index contributed by atoms with van der Waals surface area (Å²) < 4.78 is 5.06. The SMILES string of the molecule is CCOCC(=O)N(Cc1ccccc1)C(C)C(=O)O. The van der Waals surface area contributed by atoms with Crippen LogP contribution in [0.4, 0.5) is 0 Å². The number of carbonyl (C=O) groups excluding carboxylic acids is 1. The number of hydrogen-bond donors (Lipinski definition) is 1. The van der Waals surface area contributed by atoms with Gasteiger partial charge in [0.2, 0.25) is 5.91 Å². The zero-order chi connectivity index (χ0) is 14.3. The van der Waals surface area contributed by atoms with Crippen LogP contribution >= 0.6 is 0 Å². The summed E-state index contributed by atoms with van der Waals surface area (Å²) in [4.78, 5) is 24.4. The number of carboxylic acids is 1. The Balaban J connectivity index is 2.80. The smallest absolute Gasteiger partial charge is 0.326 e. The summed E-state index contributed by atoms with van der Waals surface area (Å²) in [5, 5.41) is 9.07. The number of carbonyl (C=O) groups is 2. The van der Waals surface area contributed by atoms with E-state index in [1.807, 2.05) is 30.3 Å². The van der Waals surface area contributed by atoms with Gasteiger partial charge in [0.25, 0.3) is 0 Å². The maximum absolute atomic E-state index is 12.0. The molecule has 19 heavy (non-hydrogen) atoms. The third-order valence-corrected chi connectivity index (χ3v) is 2.77. The summed E-state index contributed by atoms with van der Waals surface area (Å²) in [5.74, 6) is -1.35. The van der Waals surface area contributed by atoms with E-state index in [-0.39, 0.29) is 19.1 Å². The highest BCUT2D eigenvalue weighted by molar-refractivity contribution is 5.84. The van der Waals surface area contributed by atoms with Crippen molar-refractivity contribution in [2.75, 3.05) is 13.2 Å². The standard InChI is InChI=1S/C14H19NO4/c1-3-19-10-13(16)15(11(2)14(17)18)9-12-7-5-4-6-8-12/h4-8,11H,3,9-10H2,1-2H3,(H,17,18). The van der Waals surface area contributed by atoms with Crippen molar-refractivity contribution >= 4 is 11.9 Å². The van der Waals surface area contributed by atoms with Crippen molar-refractivity contribution in [2.24, 2.45) is 0 Å². The fraction of sp³-hybridized carbons (Fsp3) is 0.429. The molecule has 0 radical (unpaired) electrons. The van der Waals surface area contributed by atoms with E-state index in [4.69, 9.17) is 9.84 Å². The third-order valence-electron chi connectivity index (χ3n) is 2.77. The molecular weight excluding hydrogens is 246 g/mol. The molecular formula is C14H19NO4. The fourth-order valence-corrected chi connectivity index (χ4v) is 1.63. The van der Waals surface area contributed by atoms with Crippen LogP contribution in [0.15, 0.2) is 30.3 Å². The van der Waals surface area contributed by atoms with E-state index in [0.29, 0.717) is 6.61 Å². The van der Waals surface area contributed by atoms with E-state index in [1.165, 1.54) is 11.8 Å². The quantitative estimate of drug-likeness (QED) is 0.811. The largest absolute Gasteiger partial charge is 0.480 e. The topological polar surface area (TPSA) is 66.8 Å². The molecule has 5 heteroatoms. The van der Waals surface area contributed by atoms with Crippen LogP contribution in [-0.2, 0) is 20.9 Å². The first-order chi connectivity index (χ1) is 9.06. The van der Waals surface area contributed by atoms with E-state index in [1.54, 1.807) is 6.92 Å². The molecule has 0 heterocycles. The Hall–Kier alpha value is -1.88. The maximum Gasteiger partial charge on any atom is 0.326 e. The predicted molar refractivity (Wildman–Crippen MR) is 70.6 cm³/mol. The molecule has 0 aliphatic heterocycles. The molecule has 1 aromatic rings. The van der Waals surface area contributed by atoms with Gasteiger partial charge in [-0.1, -0.05) is 30.3 Å². The number of carboxylic acid groups (broad SMARTS) is 1. The lowest BCUT2D eigenvalue weighted by Crippen LogP contribution is -2.44. The number of hydrogen-bond acceptors (Lipinski definition) is 3. The van der Waals surface area contributed by atoms with E-state index < -0.39 is 12.0 Å². The summed E-state index contributed by atoms with van der Waals surface area (Å²) in [5.41, 5.74) is 0.889. The van der Waals surface area contributed by atoms with Gasteiger partial charge in [-0.2, -0.15) is 0 Å². The van der Waals surface area contributed by atoms with Crippen molar-refractivity contribution in [3.8, 4) is 0 Å². The molecule has 0 saturated carbocycles. The van der Waals surface area contributed by atoms with Crippen molar-refractivity contribution in [2.45, 2.75) is 26.4 Å². The molecule has 0 spiro atoms. The van der Waals surface area contributed by atoms with Crippen LogP contribution in [0.5, 0.6) is 0 Å². The Labute approximate surface area is 112 Å². The lowest BCUT2D eigenvalue weighted by atomic mass is 10.2. The van der Waals surface area contributed by atoms with Crippen LogP contribution in [0.2, 0.25) is 0 Å². The van der Waals surface area contributed by atoms with Crippen LogP contribution < -0.4 is 0 Å². The number of aliphatic carboxylic acids is 1. The molecule has 1 rings (SSSR count). The van der Waals surface area contributed by atoms with Crippen molar-refractivity contribution in [1.82, 2.24) is 4.90 Å². The lowest BCUT2D eigenvalue weighted by molar-refractivity contribution is -0.152. The van der Waals surface area contributed by atoms with Crippen LogP contribution in [0, 0.1) is 0 Å². The van der Waals surface area contributed by atoms with Gasteiger partial charge in [0, 0.05) is 13.2 Å². The minimum atomic E-state index is -1.03. The number of benzene rings is 1. The highest BCUT2D eigenvalue weighted by Crippen LogP contribution is 2.09. The minimum Gasteiger partial charge on any atom is -0.480 e. The van der Waals surface area contributed by atoms with Gasteiger partial charge in [0.15, 0.2) is 0 Å². The monoisotopic (exact) mass is 265 g/mol. The third kappa shape index (κ3) is 4.71. The molecule has 0 aliphatic rings. The highest BCUT2D eigenvalue weighted by Gasteiger charge is 2.25. The first kappa shape index (κ1) is 15.2. The molecule has 0 fully saturated rings. The fourth-order valence-electron chi connectivity index (χ4n) is 1.63. The molecule has 5 nitrogen and oxygen atoms in total. The Bertz CT molecular complexity index is 419. The number of nitrogens with zero attached hydrogens (tertiary/aromatic N) is 1. The van der Waals surface area contributed by atoms with Gasteiger partial charge in [-0.25, -0.2) is 4.79 Å². The predicted octanol–water partition coefficient (Wildman–Crippen LogP) is 1.52. The van der Waals surface area contributed by atoms with Gasteiger partial charge in [-0.05, 0) is 19.4 Å². The lowest BCUT2D eigenvalue weighted by Gasteiger charge is -2.26. The van der Waals surface area contributed by atoms with E-state index >= 15 is 0 Å². The number of amides is 1. The van der Waals surface area contributed by atoms with Crippen LogP contribution in [0.1, 0.15) is 19.4 Å². The average Bonchev–Trinajstić information content (AvgIpc) is 2.42. The summed E-state index contributed by atoms with van der Waals surface area (Å²) in [7, 11) is 0. The van der Waals surface area contributed by atoms with Gasteiger partial charge < -0.3 is 14.7 Å². The summed E-state index contributed by atoms with van der Waals surface area (Å²) in [6, 6.07) is 8.41. The first-order valence-corrected chi connectivity index (χ1v) is 6.20. The molecule has 1 aromatic carbocycles. The zero-order valence-electron chi connectivity index (χ0n) is 11.2. The van der Waals surface area contributed by atoms with Gasteiger partial charge in [-0.15, -0.1) is 0 Å². The van der Waals surface area contributed by atoms with E-state index in [9.17, 15) is 9.59 Å². The van der Waals surface area contributed by atoms with Crippen molar-refractivity contribution in [1.29, 1.82) is 0 Å². The average molecular weight is 265 g/mol. The van der Waals surface area contributed by atoms with Crippen LogP contribution in [0.3, 0.4) is 0 Å². The summed E-state index contributed by atoms with van der Waals surface area (Å²) in [6.45, 7) is 3.87.